The van der Waals surface area contributed by atoms with Gasteiger partial charge in [-0.15, -0.1) is 0 Å². The van der Waals surface area contributed by atoms with E-state index in [9.17, 15) is 0 Å². The molecule has 146 valence electrons. The van der Waals surface area contributed by atoms with Crippen molar-refractivity contribution in [2.75, 3.05) is 13.2 Å². The first-order chi connectivity index (χ1) is 14.4. The number of benzene rings is 3. The lowest BCUT2D eigenvalue weighted by Gasteiger charge is -2.33. The van der Waals surface area contributed by atoms with Crippen LogP contribution < -0.4 is 10.6 Å². The largest absolute Gasteiger partial charge is 0.477 e. The molecule has 29 heavy (non-hydrogen) atoms. The van der Waals surface area contributed by atoms with Gasteiger partial charge in [0.25, 0.3) is 0 Å². The highest BCUT2D eigenvalue weighted by Gasteiger charge is 2.38. The smallest absolute Gasteiger partial charge is 0.202 e. The first-order valence-electron chi connectivity index (χ1n) is 10.3. The molecule has 2 atom stereocenters. The summed E-state index contributed by atoms with van der Waals surface area (Å²) in [6, 6.07) is 32.7. The molecule has 2 unspecified atom stereocenters. The highest BCUT2D eigenvalue weighted by molar-refractivity contribution is 7.70. The van der Waals surface area contributed by atoms with Gasteiger partial charge in [-0.1, -0.05) is 91.0 Å². The van der Waals surface area contributed by atoms with Crippen molar-refractivity contribution in [3.8, 4) is 0 Å². The predicted molar refractivity (Wildman–Crippen MR) is 121 cm³/mol. The van der Waals surface area contributed by atoms with Crippen molar-refractivity contribution in [1.29, 1.82) is 0 Å². The van der Waals surface area contributed by atoms with Gasteiger partial charge in [0.05, 0.1) is 6.04 Å². The predicted octanol–water partition coefficient (Wildman–Crippen LogP) is 4.67. The molecule has 2 heterocycles. The van der Waals surface area contributed by atoms with E-state index in [1.54, 1.807) is 0 Å². The van der Waals surface area contributed by atoms with E-state index >= 15 is 0 Å². The molecule has 2 aliphatic rings. The summed E-state index contributed by atoms with van der Waals surface area (Å²) < 4.78 is 8.82. The first-order valence-corrected chi connectivity index (χ1v) is 11.6. The number of aliphatic imine (C=N–C) groups is 1. The molecular formula is C25H25N2OP. The summed E-state index contributed by atoms with van der Waals surface area (Å²) in [6.07, 6.45) is 2.29. The van der Waals surface area contributed by atoms with Crippen LogP contribution in [0.25, 0.3) is 0 Å². The number of nitrogens with zero attached hydrogens (tertiary/aromatic N) is 2. The number of ether oxygens (including phenoxy) is 1. The third-order valence-corrected chi connectivity index (χ3v) is 8.19. The van der Waals surface area contributed by atoms with Gasteiger partial charge in [0.15, 0.2) is 0 Å². The second-order valence-corrected chi connectivity index (χ2v) is 9.68. The molecule has 0 aromatic heterocycles. The third-order valence-electron chi connectivity index (χ3n) is 5.62. The quantitative estimate of drug-likeness (QED) is 0.582. The van der Waals surface area contributed by atoms with Gasteiger partial charge >= 0.3 is 0 Å². The average Bonchev–Trinajstić information content (AvgIpc) is 3.46. The minimum absolute atomic E-state index is 0.119. The lowest BCUT2D eigenvalue weighted by Crippen LogP contribution is -2.37. The van der Waals surface area contributed by atoms with Crippen molar-refractivity contribution in [2.24, 2.45) is 4.99 Å². The molecule has 2 aliphatic heterocycles. The van der Waals surface area contributed by atoms with Crippen molar-refractivity contribution in [2.45, 2.75) is 24.9 Å². The molecule has 1 saturated heterocycles. The molecule has 0 spiro atoms. The molecular weight excluding hydrogens is 375 g/mol. The molecule has 0 radical (unpaired) electrons. The average molecular weight is 400 g/mol. The first kappa shape index (κ1) is 18.5. The summed E-state index contributed by atoms with van der Waals surface area (Å²) in [4.78, 5) is 5.02. The van der Waals surface area contributed by atoms with Crippen LogP contribution in [0.5, 0.6) is 0 Å². The fourth-order valence-electron chi connectivity index (χ4n) is 4.25. The van der Waals surface area contributed by atoms with Gasteiger partial charge in [0.2, 0.25) is 5.90 Å². The van der Waals surface area contributed by atoms with E-state index in [1.807, 2.05) is 0 Å². The molecule has 3 aromatic rings. The highest BCUT2D eigenvalue weighted by atomic mass is 31.1. The molecule has 0 saturated carbocycles. The zero-order valence-electron chi connectivity index (χ0n) is 16.4. The molecule has 3 nitrogen and oxygen atoms in total. The van der Waals surface area contributed by atoms with Crippen molar-refractivity contribution in [3.05, 3.63) is 96.6 Å². The Morgan fingerprint density at radius 1 is 0.793 bits per heavy atom. The second-order valence-electron chi connectivity index (χ2n) is 7.51. The Morgan fingerprint density at radius 2 is 1.38 bits per heavy atom. The van der Waals surface area contributed by atoms with Crippen molar-refractivity contribution in [3.63, 3.8) is 0 Å². The van der Waals surface area contributed by atoms with E-state index < -0.39 is 8.07 Å². The molecule has 0 bridgehead atoms. The fraction of sp³-hybridized carbons (Fsp3) is 0.240. The molecule has 5 rings (SSSR count). The van der Waals surface area contributed by atoms with Crippen LogP contribution in [0, 0.1) is 0 Å². The SMILES string of the molecule is c1ccc(C2COC(C3CCCN3P(c3ccccc3)c3ccccc3)=N2)cc1. The fourth-order valence-corrected chi connectivity index (χ4v) is 6.88. The van der Waals surface area contributed by atoms with Crippen LogP contribution in [-0.4, -0.2) is 29.8 Å². The van der Waals surface area contributed by atoms with Crippen LogP contribution in [-0.2, 0) is 4.74 Å². The Morgan fingerprint density at radius 3 is 2.00 bits per heavy atom. The summed E-state index contributed by atoms with van der Waals surface area (Å²) in [5.74, 6) is 0.927. The van der Waals surface area contributed by atoms with Gasteiger partial charge in [0.1, 0.15) is 12.6 Å². The van der Waals surface area contributed by atoms with Crippen molar-refractivity contribution < 1.29 is 4.74 Å². The third kappa shape index (κ3) is 3.85. The van der Waals surface area contributed by atoms with Crippen LogP contribution >= 0.6 is 8.07 Å². The van der Waals surface area contributed by atoms with Crippen LogP contribution in [0.4, 0.5) is 0 Å². The maximum absolute atomic E-state index is 6.17. The normalized spacial score (nSPS) is 21.9. The van der Waals surface area contributed by atoms with Gasteiger partial charge in [-0.25, -0.2) is 4.99 Å². The summed E-state index contributed by atoms with van der Waals surface area (Å²) >= 11 is 0. The molecule has 1 fully saturated rings. The number of rotatable bonds is 5. The number of hydrogen-bond donors (Lipinski definition) is 0. The van der Waals surface area contributed by atoms with Gasteiger partial charge < -0.3 is 4.74 Å². The van der Waals surface area contributed by atoms with Gasteiger partial charge in [-0.2, -0.15) is 0 Å². The van der Waals surface area contributed by atoms with Crippen molar-refractivity contribution in [1.82, 2.24) is 4.67 Å². The lowest BCUT2D eigenvalue weighted by atomic mass is 10.1. The highest BCUT2D eigenvalue weighted by Crippen LogP contribution is 2.45. The second kappa shape index (κ2) is 8.49. The van der Waals surface area contributed by atoms with E-state index in [0.717, 1.165) is 18.9 Å². The summed E-state index contributed by atoms with van der Waals surface area (Å²) in [5.41, 5.74) is 1.24. The molecule has 0 amide bonds. The van der Waals surface area contributed by atoms with Crippen molar-refractivity contribution >= 4 is 24.6 Å². The van der Waals surface area contributed by atoms with E-state index in [1.165, 1.54) is 22.6 Å². The zero-order valence-corrected chi connectivity index (χ0v) is 17.3. The summed E-state index contributed by atoms with van der Waals surface area (Å²) in [6.45, 7) is 1.73. The Balaban J connectivity index is 1.47. The lowest BCUT2D eigenvalue weighted by molar-refractivity contribution is 0.293. The summed E-state index contributed by atoms with van der Waals surface area (Å²) in [7, 11) is -0.603. The van der Waals surface area contributed by atoms with Gasteiger partial charge in [-0.3, -0.25) is 4.67 Å². The Labute approximate surface area is 173 Å². The Hall–Kier alpha value is -2.48. The number of hydrogen-bond acceptors (Lipinski definition) is 3. The standard InChI is InChI=1S/C25H25N2OP/c1-4-11-20(12-5-1)23-19-28-25(26-23)24-17-10-18-27(24)29(21-13-6-2-7-14-21)22-15-8-3-9-16-22/h1-9,11-16,23-24H,10,17-19H2. The Bertz CT molecular complexity index is 922. The maximum Gasteiger partial charge on any atom is 0.202 e. The van der Waals surface area contributed by atoms with Crippen LogP contribution in [0.2, 0.25) is 0 Å². The maximum atomic E-state index is 6.17. The van der Waals surface area contributed by atoms with Crippen LogP contribution in [0.1, 0.15) is 24.4 Å². The molecule has 0 N–H and O–H groups in total. The van der Waals surface area contributed by atoms with E-state index in [4.69, 9.17) is 9.73 Å². The van der Waals surface area contributed by atoms with Gasteiger partial charge in [-0.05, 0) is 29.0 Å². The topological polar surface area (TPSA) is 24.8 Å². The monoisotopic (exact) mass is 400 g/mol. The minimum atomic E-state index is -0.603. The van der Waals surface area contributed by atoms with Crippen LogP contribution in [0.15, 0.2) is 96.0 Å². The van der Waals surface area contributed by atoms with E-state index in [0.29, 0.717) is 6.61 Å². The van der Waals surface area contributed by atoms with Gasteiger partial charge in [0, 0.05) is 14.6 Å². The summed E-state index contributed by atoms with van der Waals surface area (Å²) in [5, 5.41) is 2.78. The molecule has 3 aromatic carbocycles. The van der Waals surface area contributed by atoms with E-state index in [-0.39, 0.29) is 12.1 Å². The minimum Gasteiger partial charge on any atom is -0.477 e. The Kier molecular flexibility index (Phi) is 5.43. The zero-order chi connectivity index (χ0) is 19.5. The molecule has 0 aliphatic carbocycles. The molecule has 4 heteroatoms. The van der Waals surface area contributed by atoms with E-state index in [2.05, 4.69) is 95.7 Å². The van der Waals surface area contributed by atoms with Crippen LogP contribution in [0.3, 0.4) is 0 Å².